The van der Waals surface area contributed by atoms with Crippen molar-refractivity contribution >= 4 is 5.69 Å². The maximum absolute atomic E-state index is 5.59. The molecule has 0 aromatic heterocycles. The van der Waals surface area contributed by atoms with Crippen molar-refractivity contribution in [3.05, 3.63) is 42.0 Å². The average molecular weight is 175 g/mol. The molecule has 0 radical (unpaired) electrons. The van der Waals surface area contributed by atoms with E-state index in [1.807, 2.05) is 12.1 Å². The Kier molecular flexibility index (Phi) is 4.10. The van der Waals surface area contributed by atoms with Crippen LogP contribution in [0.2, 0.25) is 0 Å². The Bertz CT molecular complexity index is 259. The third-order valence-corrected chi connectivity index (χ3v) is 2.05. The molecule has 2 N–H and O–H groups in total. The van der Waals surface area contributed by atoms with Crippen LogP contribution in [-0.2, 0) is 6.42 Å². The molecule has 1 rings (SSSR count). The number of aryl methyl sites for hydroxylation is 1. The molecule has 0 atom stereocenters. The van der Waals surface area contributed by atoms with Crippen LogP contribution in [0.3, 0.4) is 0 Å². The lowest BCUT2D eigenvalue weighted by Crippen LogP contribution is -1.87. The number of hydrogen-bond donors (Lipinski definition) is 1. The minimum Gasteiger partial charge on any atom is -0.399 e. The van der Waals surface area contributed by atoms with E-state index in [0.717, 1.165) is 12.1 Å². The molecule has 0 saturated heterocycles. The highest BCUT2D eigenvalue weighted by molar-refractivity contribution is 5.39. The van der Waals surface area contributed by atoms with E-state index in [2.05, 4.69) is 31.2 Å². The number of unbranched alkanes of at least 4 members (excludes halogenated alkanes) is 1. The first kappa shape index (κ1) is 9.85. The molecular weight excluding hydrogens is 158 g/mol. The highest BCUT2D eigenvalue weighted by atomic mass is 14.5. The van der Waals surface area contributed by atoms with Crippen molar-refractivity contribution in [2.75, 3.05) is 5.73 Å². The molecular formula is C12H17N. The van der Waals surface area contributed by atoms with Crippen LogP contribution < -0.4 is 5.73 Å². The standard InChI is InChI=1S/C12H17N/c1-2-3-4-5-6-11-7-9-12(13)10-8-11/h2-3,7-10H,4-6,13H2,1H3/b3-2+. The van der Waals surface area contributed by atoms with Gasteiger partial charge in [0, 0.05) is 5.69 Å². The van der Waals surface area contributed by atoms with Crippen molar-refractivity contribution in [3.8, 4) is 0 Å². The van der Waals surface area contributed by atoms with Gasteiger partial charge in [-0.05, 0) is 43.9 Å². The van der Waals surface area contributed by atoms with Gasteiger partial charge in [0.15, 0.2) is 0 Å². The van der Waals surface area contributed by atoms with Gasteiger partial charge in [-0.15, -0.1) is 0 Å². The second-order valence-electron chi connectivity index (χ2n) is 3.20. The monoisotopic (exact) mass is 175 g/mol. The van der Waals surface area contributed by atoms with Gasteiger partial charge >= 0.3 is 0 Å². The number of nitrogens with two attached hydrogens (primary N) is 1. The SMILES string of the molecule is C/C=C/CCCc1ccc(N)cc1. The van der Waals surface area contributed by atoms with Gasteiger partial charge in [-0.1, -0.05) is 24.3 Å². The number of rotatable bonds is 4. The molecule has 13 heavy (non-hydrogen) atoms. The van der Waals surface area contributed by atoms with E-state index in [1.165, 1.54) is 18.4 Å². The van der Waals surface area contributed by atoms with Crippen LogP contribution in [-0.4, -0.2) is 0 Å². The Morgan fingerprint density at radius 3 is 2.54 bits per heavy atom. The number of benzene rings is 1. The Morgan fingerprint density at radius 2 is 1.92 bits per heavy atom. The molecule has 1 heteroatoms. The summed E-state index contributed by atoms with van der Waals surface area (Å²) in [5.41, 5.74) is 7.81. The molecule has 1 aromatic rings. The van der Waals surface area contributed by atoms with Crippen LogP contribution >= 0.6 is 0 Å². The molecule has 0 spiro atoms. The van der Waals surface area contributed by atoms with Gasteiger partial charge in [0.05, 0.1) is 0 Å². The van der Waals surface area contributed by atoms with E-state index in [4.69, 9.17) is 5.73 Å². The largest absolute Gasteiger partial charge is 0.399 e. The average Bonchev–Trinajstić information content (AvgIpc) is 2.15. The zero-order chi connectivity index (χ0) is 9.52. The van der Waals surface area contributed by atoms with Crippen LogP contribution in [0.5, 0.6) is 0 Å². The van der Waals surface area contributed by atoms with E-state index in [-0.39, 0.29) is 0 Å². The summed E-state index contributed by atoms with van der Waals surface area (Å²) in [6.45, 7) is 2.06. The van der Waals surface area contributed by atoms with Gasteiger partial charge in [-0.3, -0.25) is 0 Å². The van der Waals surface area contributed by atoms with Crippen molar-refractivity contribution in [1.82, 2.24) is 0 Å². The summed E-state index contributed by atoms with van der Waals surface area (Å²) in [7, 11) is 0. The van der Waals surface area contributed by atoms with E-state index >= 15 is 0 Å². The summed E-state index contributed by atoms with van der Waals surface area (Å²) in [6.07, 6.45) is 7.83. The van der Waals surface area contributed by atoms with Gasteiger partial charge < -0.3 is 5.73 Å². The quantitative estimate of drug-likeness (QED) is 0.424. The van der Waals surface area contributed by atoms with Crippen molar-refractivity contribution in [3.63, 3.8) is 0 Å². The molecule has 0 fully saturated rings. The van der Waals surface area contributed by atoms with E-state index in [9.17, 15) is 0 Å². The fourth-order valence-electron chi connectivity index (χ4n) is 1.28. The lowest BCUT2D eigenvalue weighted by Gasteiger charge is -1.99. The summed E-state index contributed by atoms with van der Waals surface area (Å²) in [5, 5.41) is 0. The molecule has 0 aliphatic rings. The highest BCUT2D eigenvalue weighted by Gasteiger charge is 1.91. The van der Waals surface area contributed by atoms with Gasteiger partial charge in [0.25, 0.3) is 0 Å². The lowest BCUT2D eigenvalue weighted by molar-refractivity contribution is 0.842. The molecule has 1 aromatic carbocycles. The number of hydrogen-bond acceptors (Lipinski definition) is 1. The third-order valence-electron chi connectivity index (χ3n) is 2.05. The Morgan fingerprint density at radius 1 is 1.23 bits per heavy atom. The van der Waals surface area contributed by atoms with Gasteiger partial charge in [-0.2, -0.15) is 0 Å². The molecule has 0 aliphatic heterocycles. The van der Waals surface area contributed by atoms with Crippen LogP contribution in [0.4, 0.5) is 5.69 Å². The molecule has 1 nitrogen and oxygen atoms in total. The second kappa shape index (κ2) is 5.41. The van der Waals surface area contributed by atoms with E-state index in [1.54, 1.807) is 0 Å². The first-order valence-electron chi connectivity index (χ1n) is 4.78. The second-order valence-corrected chi connectivity index (χ2v) is 3.20. The fraction of sp³-hybridized carbons (Fsp3) is 0.333. The summed E-state index contributed by atoms with van der Waals surface area (Å²) >= 11 is 0. The van der Waals surface area contributed by atoms with Crippen LogP contribution in [0, 0.1) is 0 Å². The predicted molar refractivity (Wildman–Crippen MR) is 58.6 cm³/mol. The van der Waals surface area contributed by atoms with E-state index in [0.29, 0.717) is 0 Å². The van der Waals surface area contributed by atoms with Gasteiger partial charge in [0.2, 0.25) is 0 Å². The predicted octanol–water partition coefficient (Wildman–Crippen LogP) is 3.17. The molecule has 0 amide bonds. The normalized spacial score (nSPS) is 10.8. The summed E-state index contributed by atoms with van der Waals surface area (Å²) in [5.74, 6) is 0. The minimum atomic E-state index is 0.845. The summed E-state index contributed by atoms with van der Waals surface area (Å²) in [4.78, 5) is 0. The van der Waals surface area contributed by atoms with Crippen molar-refractivity contribution in [1.29, 1.82) is 0 Å². The summed E-state index contributed by atoms with van der Waals surface area (Å²) in [6, 6.07) is 8.13. The first-order chi connectivity index (χ1) is 6.33. The van der Waals surface area contributed by atoms with Crippen molar-refractivity contribution < 1.29 is 0 Å². The maximum Gasteiger partial charge on any atom is 0.0314 e. The zero-order valence-electron chi connectivity index (χ0n) is 8.16. The van der Waals surface area contributed by atoms with Gasteiger partial charge in [-0.25, -0.2) is 0 Å². The maximum atomic E-state index is 5.59. The minimum absolute atomic E-state index is 0.845. The van der Waals surface area contributed by atoms with Crippen LogP contribution in [0.25, 0.3) is 0 Å². The van der Waals surface area contributed by atoms with Gasteiger partial charge in [0.1, 0.15) is 0 Å². The number of nitrogen functional groups attached to an aromatic ring is 1. The molecule has 0 unspecified atom stereocenters. The smallest absolute Gasteiger partial charge is 0.0314 e. The number of anilines is 1. The van der Waals surface area contributed by atoms with Crippen molar-refractivity contribution in [2.45, 2.75) is 26.2 Å². The van der Waals surface area contributed by atoms with E-state index < -0.39 is 0 Å². The zero-order valence-corrected chi connectivity index (χ0v) is 8.16. The molecule has 0 heterocycles. The molecule has 0 saturated carbocycles. The fourth-order valence-corrected chi connectivity index (χ4v) is 1.28. The van der Waals surface area contributed by atoms with Crippen molar-refractivity contribution in [2.24, 2.45) is 0 Å². The van der Waals surface area contributed by atoms with Crippen LogP contribution in [0.15, 0.2) is 36.4 Å². The highest BCUT2D eigenvalue weighted by Crippen LogP contribution is 2.08. The molecule has 0 bridgehead atoms. The number of allylic oxidation sites excluding steroid dienone is 2. The Labute approximate surface area is 80.3 Å². The Hall–Kier alpha value is -1.24. The van der Waals surface area contributed by atoms with Crippen LogP contribution in [0.1, 0.15) is 25.3 Å². The molecule has 0 aliphatic carbocycles. The lowest BCUT2D eigenvalue weighted by atomic mass is 10.1. The Balaban J connectivity index is 2.33. The first-order valence-corrected chi connectivity index (χ1v) is 4.78. The third kappa shape index (κ3) is 3.79. The topological polar surface area (TPSA) is 26.0 Å². The summed E-state index contributed by atoms with van der Waals surface area (Å²) < 4.78 is 0. The molecule has 70 valence electrons.